The zero-order chi connectivity index (χ0) is 15.4. The minimum atomic E-state index is 0. The smallest absolute Gasteiger partial charge is 0.225 e. The highest BCUT2D eigenvalue weighted by Gasteiger charge is 2.31. The monoisotopic (exact) mass is 343 g/mol. The van der Waals surface area contributed by atoms with Gasteiger partial charge in [0.1, 0.15) is 0 Å². The molecule has 1 amide bonds. The van der Waals surface area contributed by atoms with Gasteiger partial charge in [0.2, 0.25) is 5.91 Å². The molecule has 1 N–H and O–H groups in total. The molecule has 4 nitrogen and oxygen atoms in total. The van der Waals surface area contributed by atoms with Crippen molar-refractivity contribution in [2.24, 2.45) is 17.8 Å². The third kappa shape index (κ3) is 5.33. The van der Waals surface area contributed by atoms with Gasteiger partial charge in [-0.05, 0) is 76.5 Å². The second-order valence-electron chi connectivity index (χ2n) is 7.80. The molecule has 5 heteroatoms. The van der Waals surface area contributed by atoms with E-state index in [1.165, 1.54) is 45.3 Å². The molecule has 3 aliphatic heterocycles. The molecule has 3 heterocycles. The van der Waals surface area contributed by atoms with Crippen molar-refractivity contribution in [3.8, 4) is 0 Å². The Bertz CT molecular complexity index is 365. The van der Waals surface area contributed by atoms with Gasteiger partial charge in [0.15, 0.2) is 0 Å². The van der Waals surface area contributed by atoms with Crippen LogP contribution in [-0.2, 0) is 4.79 Å². The predicted octanol–water partition coefficient (Wildman–Crippen LogP) is 2.38. The molecule has 0 aliphatic carbocycles. The Labute approximate surface area is 147 Å². The molecule has 134 valence electrons. The van der Waals surface area contributed by atoms with Gasteiger partial charge in [-0.15, -0.1) is 12.4 Å². The molecule has 0 spiro atoms. The number of carbonyl (C=O) groups excluding carboxylic acids is 1. The van der Waals surface area contributed by atoms with Crippen LogP contribution in [-0.4, -0.2) is 61.5 Å². The lowest BCUT2D eigenvalue weighted by Gasteiger charge is -2.38. The number of amides is 1. The van der Waals surface area contributed by atoms with Crippen LogP contribution in [0.25, 0.3) is 0 Å². The van der Waals surface area contributed by atoms with Gasteiger partial charge in [-0.3, -0.25) is 4.79 Å². The normalized spacial score (nSPS) is 28.4. The van der Waals surface area contributed by atoms with E-state index in [2.05, 4.69) is 22.0 Å². The fourth-order valence-corrected chi connectivity index (χ4v) is 4.44. The first-order chi connectivity index (χ1) is 10.7. The summed E-state index contributed by atoms with van der Waals surface area (Å²) in [6.45, 7) is 10.2. The number of rotatable bonds is 3. The van der Waals surface area contributed by atoms with Crippen LogP contribution in [0.3, 0.4) is 0 Å². The molecule has 1 unspecified atom stereocenters. The standard InChI is InChI=1S/C18H33N3O.ClH/c1-15-3-2-10-21(13-15)18(22)17-6-11-20(12-7-17)14-16-4-8-19-9-5-16;/h15-17,19H,2-14H2,1H3;1H. The first-order valence-corrected chi connectivity index (χ1v) is 9.44. The molecule has 3 rings (SSSR count). The molecule has 0 aromatic carbocycles. The van der Waals surface area contributed by atoms with E-state index in [4.69, 9.17) is 0 Å². The summed E-state index contributed by atoms with van der Waals surface area (Å²) in [6.07, 6.45) is 7.29. The van der Waals surface area contributed by atoms with Crippen molar-refractivity contribution in [1.29, 1.82) is 0 Å². The van der Waals surface area contributed by atoms with Crippen molar-refractivity contribution in [1.82, 2.24) is 15.1 Å². The maximum atomic E-state index is 12.7. The summed E-state index contributed by atoms with van der Waals surface area (Å²) in [7, 11) is 0. The van der Waals surface area contributed by atoms with Crippen molar-refractivity contribution < 1.29 is 4.79 Å². The molecule has 0 radical (unpaired) electrons. The molecule has 3 aliphatic rings. The van der Waals surface area contributed by atoms with Crippen LogP contribution in [0.4, 0.5) is 0 Å². The minimum Gasteiger partial charge on any atom is -0.342 e. The second kappa shape index (κ2) is 9.24. The fraction of sp³-hybridized carbons (Fsp3) is 0.944. The quantitative estimate of drug-likeness (QED) is 0.854. The lowest BCUT2D eigenvalue weighted by molar-refractivity contribution is -0.138. The van der Waals surface area contributed by atoms with Crippen molar-refractivity contribution in [3.05, 3.63) is 0 Å². The van der Waals surface area contributed by atoms with Crippen molar-refractivity contribution in [2.45, 2.75) is 45.4 Å². The third-order valence-electron chi connectivity index (χ3n) is 5.88. The molecule has 23 heavy (non-hydrogen) atoms. The van der Waals surface area contributed by atoms with Gasteiger partial charge in [-0.1, -0.05) is 6.92 Å². The van der Waals surface area contributed by atoms with Gasteiger partial charge in [0, 0.05) is 25.6 Å². The number of hydrogen-bond donors (Lipinski definition) is 1. The van der Waals surface area contributed by atoms with Gasteiger partial charge in [0.25, 0.3) is 0 Å². The largest absolute Gasteiger partial charge is 0.342 e. The maximum Gasteiger partial charge on any atom is 0.225 e. The van der Waals surface area contributed by atoms with E-state index < -0.39 is 0 Å². The minimum absolute atomic E-state index is 0. The molecule has 0 saturated carbocycles. The van der Waals surface area contributed by atoms with Gasteiger partial charge < -0.3 is 15.1 Å². The third-order valence-corrected chi connectivity index (χ3v) is 5.88. The van der Waals surface area contributed by atoms with Gasteiger partial charge in [0.05, 0.1) is 0 Å². The highest BCUT2D eigenvalue weighted by atomic mass is 35.5. The highest BCUT2D eigenvalue weighted by molar-refractivity contribution is 5.85. The SMILES string of the molecule is CC1CCCN(C(=O)C2CCN(CC3CCNCC3)CC2)C1.Cl. The molecule has 3 saturated heterocycles. The Morgan fingerprint density at radius 3 is 2.39 bits per heavy atom. The number of carbonyl (C=O) groups is 1. The summed E-state index contributed by atoms with van der Waals surface area (Å²) in [6, 6.07) is 0. The van der Waals surface area contributed by atoms with E-state index in [0.29, 0.717) is 17.7 Å². The molecule has 3 fully saturated rings. The molecular weight excluding hydrogens is 310 g/mol. The molecule has 0 bridgehead atoms. The summed E-state index contributed by atoms with van der Waals surface area (Å²) in [4.78, 5) is 17.5. The van der Waals surface area contributed by atoms with E-state index in [1.54, 1.807) is 0 Å². The van der Waals surface area contributed by atoms with Gasteiger partial charge in [-0.2, -0.15) is 0 Å². The zero-order valence-corrected chi connectivity index (χ0v) is 15.5. The molecular formula is C18H34ClN3O. The highest BCUT2D eigenvalue weighted by Crippen LogP contribution is 2.25. The maximum absolute atomic E-state index is 12.7. The average Bonchev–Trinajstić information content (AvgIpc) is 2.56. The van der Waals surface area contributed by atoms with Crippen LogP contribution in [0.1, 0.15) is 45.4 Å². The van der Waals surface area contributed by atoms with E-state index in [9.17, 15) is 4.79 Å². The van der Waals surface area contributed by atoms with Gasteiger partial charge in [-0.25, -0.2) is 0 Å². The number of nitrogens with one attached hydrogen (secondary N) is 1. The van der Waals surface area contributed by atoms with Crippen LogP contribution in [0.15, 0.2) is 0 Å². The van der Waals surface area contributed by atoms with E-state index in [0.717, 1.165) is 44.9 Å². The summed E-state index contributed by atoms with van der Waals surface area (Å²) >= 11 is 0. The van der Waals surface area contributed by atoms with Crippen LogP contribution in [0.2, 0.25) is 0 Å². The molecule has 1 atom stereocenters. The number of piperidine rings is 3. The summed E-state index contributed by atoms with van der Waals surface area (Å²) in [5.41, 5.74) is 0. The first-order valence-electron chi connectivity index (χ1n) is 9.44. The number of nitrogens with zero attached hydrogens (tertiary/aromatic N) is 2. The Morgan fingerprint density at radius 2 is 1.74 bits per heavy atom. The number of halogens is 1. The first kappa shape index (κ1) is 19.0. The summed E-state index contributed by atoms with van der Waals surface area (Å²) < 4.78 is 0. The Morgan fingerprint density at radius 1 is 1.04 bits per heavy atom. The number of hydrogen-bond acceptors (Lipinski definition) is 3. The molecule has 0 aromatic rings. The lowest BCUT2D eigenvalue weighted by atomic mass is 9.91. The van der Waals surface area contributed by atoms with Gasteiger partial charge >= 0.3 is 0 Å². The van der Waals surface area contributed by atoms with Crippen LogP contribution < -0.4 is 5.32 Å². The second-order valence-corrected chi connectivity index (χ2v) is 7.80. The van der Waals surface area contributed by atoms with Crippen molar-refractivity contribution in [3.63, 3.8) is 0 Å². The Kier molecular flexibility index (Phi) is 7.64. The van der Waals surface area contributed by atoms with E-state index >= 15 is 0 Å². The van der Waals surface area contributed by atoms with Crippen molar-refractivity contribution >= 4 is 18.3 Å². The Balaban J connectivity index is 0.00000192. The van der Waals surface area contributed by atoms with Crippen LogP contribution >= 0.6 is 12.4 Å². The summed E-state index contributed by atoms with van der Waals surface area (Å²) in [5.74, 6) is 2.32. The van der Waals surface area contributed by atoms with E-state index in [1.807, 2.05) is 0 Å². The van der Waals surface area contributed by atoms with Crippen molar-refractivity contribution in [2.75, 3.05) is 45.8 Å². The zero-order valence-electron chi connectivity index (χ0n) is 14.6. The average molecular weight is 344 g/mol. The Hall–Kier alpha value is -0.320. The summed E-state index contributed by atoms with van der Waals surface area (Å²) in [5, 5.41) is 3.45. The fourth-order valence-electron chi connectivity index (χ4n) is 4.44. The van der Waals surface area contributed by atoms with E-state index in [-0.39, 0.29) is 12.4 Å². The predicted molar refractivity (Wildman–Crippen MR) is 97.0 cm³/mol. The topological polar surface area (TPSA) is 35.6 Å². The van der Waals surface area contributed by atoms with Crippen LogP contribution in [0, 0.1) is 17.8 Å². The van der Waals surface area contributed by atoms with Crippen LogP contribution in [0.5, 0.6) is 0 Å². The lowest BCUT2D eigenvalue weighted by Crippen LogP contribution is -2.47. The molecule has 0 aromatic heterocycles. The number of likely N-dealkylation sites (tertiary alicyclic amines) is 2.